The van der Waals surface area contributed by atoms with Crippen molar-refractivity contribution in [3.8, 4) is 5.69 Å². The molecule has 0 spiro atoms. The minimum absolute atomic E-state index is 0.0244. The van der Waals surface area contributed by atoms with Crippen LogP contribution >= 0.6 is 23.4 Å². The molecule has 9 heteroatoms. The van der Waals surface area contributed by atoms with Gasteiger partial charge in [-0.1, -0.05) is 54.1 Å². The van der Waals surface area contributed by atoms with E-state index in [-0.39, 0.29) is 22.4 Å². The highest BCUT2D eigenvalue weighted by molar-refractivity contribution is 8.15. The van der Waals surface area contributed by atoms with Gasteiger partial charge in [-0.3, -0.25) is 14.8 Å². The minimum Gasteiger partial charge on any atom is -0.461 e. The molecule has 1 aromatic heterocycles. The van der Waals surface area contributed by atoms with Gasteiger partial charge < -0.3 is 4.74 Å². The predicted octanol–water partition coefficient (Wildman–Crippen LogP) is 5.12. The number of carbonyl (C=O) groups excluding carboxylic acids is 1. The second kappa shape index (κ2) is 10.3. The molecule has 0 amide bonds. The number of benzene rings is 3. The highest BCUT2D eigenvalue weighted by Crippen LogP contribution is 2.25. The lowest BCUT2D eigenvalue weighted by molar-refractivity contribution is -0.134. The van der Waals surface area contributed by atoms with Crippen LogP contribution in [0.15, 0.2) is 93.9 Å². The van der Waals surface area contributed by atoms with Crippen LogP contribution in [-0.2, 0) is 9.53 Å². The average Bonchev–Trinajstić information content (AvgIpc) is 2.83. The molecule has 4 rings (SSSR count). The molecule has 4 aromatic rings. The summed E-state index contributed by atoms with van der Waals surface area (Å²) in [7, 11) is 0. The smallest absolute Gasteiger partial charge is 0.365 e. The minimum atomic E-state index is -0.649. The van der Waals surface area contributed by atoms with Crippen molar-refractivity contribution in [1.29, 1.82) is 0 Å². The number of nitrogens with one attached hydrogen (secondary N) is 1. The second-order valence-corrected chi connectivity index (χ2v) is 8.08. The van der Waals surface area contributed by atoms with E-state index in [2.05, 4.69) is 15.5 Å². The van der Waals surface area contributed by atoms with E-state index in [1.807, 2.05) is 18.2 Å². The third kappa shape index (κ3) is 5.08. The number of hydrogen-bond donors (Lipinski definition) is 1. The molecular formula is C24H19ClN4O3S. The number of nitrogens with zero attached hydrogens (tertiary/aromatic N) is 3. The molecule has 33 heavy (non-hydrogen) atoms. The quantitative estimate of drug-likeness (QED) is 0.107. The van der Waals surface area contributed by atoms with Crippen LogP contribution in [-0.4, -0.2) is 27.2 Å². The molecule has 0 saturated heterocycles. The Kier molecular flexibility index (Phi) is 7.07. The first kappa shape index (κ1) is 22.6. The lowest BCUT2D eigenvalue weighted by Gasteiger charge is -2.14. The Morgan fingerprint density at radius 1 is 1.06 bits per heavy atom. The maximum atomic E-state index is 13.4. The number of ether oxygens (including phenoxy) is 1. The van der Waals surface area contributed by atoms with Crippen LogP contribution in [0.5, 0.6) is 0 Å². The van der Waals surface area contributed by atoms with Crippen molar-refractivity contribution in [3.05, 3.63) is 94.2 Å². The van der Waals surface area contributed by atoms with Gasteiger partial charge in [0, 0.05) is 0 Å². The van der Waals surface area contributed by atoms with Crippen molar-refractivity contribution in [2.24, 2.45) is 5.10 Å². The first-order valence-corrected chi connectivity index (χ1v) is 11.3. The van der Waals surface area contributed by atoms with Gasteiger partial charge in [0.15, 0.2) is 5.16 Å². The number of esters is 1. The SMILES string of the molecule is CCOC(=O)/C(=N\Nc1ccccc1Cl)Sc1nc2ccccc2c(=O)n1-c1ccccc1. The zero-order chi connectivity index (χ0) is 23.2. The van der Waals surface area contributed by atoms with Crippen molar-refractivity contribution in [2.75, 3.05) is 12.0 Å². The van der Waals surface area contributed by atoms with Gasteiger partial charge in [-0.05, 0) is 55.1 Å². The van der Waals surface area contributed by atoms with E-state index in [1.165, 1.54) is 4.57 Å². The maximum Gasteiger partial charge on any atom is 0.365 e. The molecular weight excluding hydrogens is 460 g/mol. The third-order valence-electron chi connectivity index (χ3n) is 4.55. The fourth-order valence-corrected chi connectivity index (χ4v) is 4.05. The largest absolute Gasteiger partial charge is 0.461 e. The predicted molar refractivity (Wildman–Crippen MR) is 132 cm³/mol. The number of hydrazone groups is 1. The fourth-order valence-electron chi connectivity index (χ4n) is 3.04. The molecule has 3 aromatic carbocycles. The van der Waals surface area contributed by atoms with Gasteiger partial charge in [-0.15, -0.1) is 0 Å². The topological polar surface area (TPSA) is 85.6 Å². The summed E-state index contributed by atoms with van der Waals surface area (Å²) in [6.07, 6.45) is 0. The molecule has 0 aliphatic rings. The van der Waals surface area contributed by atoms with Crippen molar-refractivity contribution < 1.29 is 9.53 Å². The summed E-state index contributed by atoms with van der Waals surface area (Å²) in [6.45, 7) is 1.87. The molecule has 7 nitrogen and oxygen atoms in total. The van der Waals surface area contributed by atoms with E-state index >= 15 is 0 Å². The van der Waals surface area contributed by atoms with Gasteiger partial charge in [0.25, 0.3) is 5.56 Å². The summed E-state index contributed by atoms with van der Waals surface area (Å²) in [5.41, 5.74) is 4.20. The van der Waals surface area contributed by atoms with Crippen LogP contribution in [0.1, 0.15) is 6.92 Å². The van der Waals surface area contributed by atoms with E-state index < -0.39 is 5.97 Å². The molecule has 0 aliphatic heterocycles. The molecule has 0 aliphatic carbocycles. The third-order valence-corrected chi connectivity index (χ3v) is 5.79. The van der Waals surface area contributed by atoms with Gasteiger partial charge in [0.1, 0.15) is 0 Å². The van der Waals surface area contributed by atoms with Gasteiger partial charge in [0.2, 0.25) is 5.04 Å². The summed E-state index contributed by atoms with van der Waals surface area (Å²) in [6, 6.07) is 23.2. The number of rotatable bonds is 5. The van der Waals surface area contributed by atoms with Gasteiger partial charge >= 0.3 is 5.97 Å². The normalized spacial score (nSPS) is 11.4. The molecule has 1 heterocycles. The number of thioether (sulfide) groups is 1. The number of carbonyl (C=O) groups is 1. The first-order valence-electron chi connectivity index (χ1n) is 10.1. The van der Waals surface area contributed by atoms with Gasteiger partial charge in [-0.25, -0.2) is 9.78 Å². The highest BCUT2D eigenvalue weighted by atomic mass is 35.5. The van der Waals surface area contributed by atoms with Crippen molar-refractivity contribution in [2.45, 2.75) is 12.1 Å². The van der Waals surface area contributed by atoms with Gasteiger partial charge in [-0.2, -0.15) is 5.10 Å². The van der Waals surface area contributed by atoms with E-state index in [4.69, 9.17) is 16.3 Å². The van der Waals surface area contributed by atoms with Crippen LogP contribution in [0, 0.1) is 0 Å². The molecule has 166 valence electrons. The molecule has 0 saturated carbocycles. The fraction of sp³-hybridized carbons (Fsp3) is 0.0833. The van der Waals surface area contributed by atoms with Crippen molar-refractivity contribution in [1.82, 2.24) is 9.55 Å². The second-order valence-electron chi connectivity index (χ2n) is 6.72. The van der Waals surface area contributed by atoms with Crippen molar-refractivity contribution >= 4 is 51.0 Å². The standard InChI is InChI=1S/C24H19ClN4O3S/c1-2-32-23(31)21(28-27-20-15-9-7-13-18(20)25)33-24-26-19-14-8-6-12-17(19)22(30)29(24)16-10-4-3-5-11-16/h3-15,27H,2H2,1H3/b28-21+. The van der Waals surface area contributed by atoms with Crippen LogP contribution in [0.25, 0.3) is 16.6 Å². The lowest BCUT2D eigenvalue weighted by Crippen LogP contribution is -2.24. The van der Waals surface area contributed by atoms with E-state index in [1.54, 1.807) is 67.6 Å². The number of anilines is 1. The molecule has 0 atom stereocenters. The van der Waals surface area contributed by atoms with Gasteiger partial charge in [0.05, 0.1) is 33.9 Å². The molecule has 1 N–H and O–H groups in total. The number of fused-ring (bicyclic) bond motifs is 1. The van der Waals surface area contributed by atoms with E-state index in [0.717, 1.165) is 11.8 Å². The van der Waals surface area contributed by atoms with Crippen LogP contribution in [0.2, 0.25) is 5.02 Å². The maximum absolute atomic E-state index is 13.4. The highest BCUT2D eigenvalue weighted by Gasteiger charge is 2.21. The molecule has 0 bridgehead atoms. The summed E-state index contributed by atoms with van der Waals surface area (Å²) >= 11 is 7.12. The van der Waals surface area contributed by atoms with Crippen LogP contribution < -0.4 is 11.0 Å². The van der Waals surface area contributed by atoms with E-state index in [0.29, 0.717) is 27.3 Å². The Bertz CT molecular complexity index is 1390. The summed E-state index contributed by atoms with van der Waals surface area (Å²) in [5, 5.41) is 5.39. The van der Waals surface area contributed by atoms with E-state index in [9.17, 15) is 9.59 Å². The Morgan fingerprint density at radius 3 is 2.52 bits per heavy atom. The Labute approximate surface area is 199 Å². The summed E-state index contributed by atoms with van der Waals surface area (Å²) < 4.78 is 6.64. The summed E-state index contributed by atoms with van der Waals surface area (Å²) in [4.78, 5) is 30.7. The summed E-state index contributed by atoms with van der Waals surface area (Å²) in [5.74, 6) is -0.649. The first-order chi connectivity index (χ1) is 16.1. The molecule has 0 unspecified atom stereocenters. The molecule has 0 radical (unpaired) electrons. The van der Waals surface area contributed by atoms with Crippen LogP contribution in [0.3, 0.4) is 0 Å². The van der Waals surface area contributed by atoms with Crippen molar-refractivity contribution in [3.63, 3.8) is 0 Å². The average molecular weight is 479 g/mol. The number of aromatic nitrogens is 2. The zero-order valence-electron chi connectivity index (χ0n) is 17.6. The molecule has 0 fully saturated rings. The number of hydrogen-bond acceptors (Lipinski definition) is 7. The lowest BCUT2D eigenvalue weighted by atomic mass is 10.2. The monoisotopic (exact) mass is 478 g/mol. The number of para-hydroxylation sites is 3. The van der Waals surface area contributed by atoms with Crippen LogP contribution in [0.4, 0.5) is 5.69 Å². The Balaban J connectivity index is 1.83. The Morgan fingerprint density at radius 2 is 1.76 bits per heavy atom. The zero-order valence-corrected chi connectivity index (χ0v) is 19.1. The Hall–Kier alpha value is -3.62. The number of halogens is 1.